The van der Waals surface area contributed by atoms with E-state index in [0.717, 1.165) is 23.4 Å². The normalized spacial score (nSPS) is 10.2. The molecule has 0 fully saturated rings. The topological polar surface area (TPSA) is 30.5 Å². The maximum Gasteiger partial charge on any atom is 0.166 e. The summed E-state index contributed by atoms with van der Waals surface area (Å²) >= 11 is 6.22. The second-order valence-corrected chi connectivity index (χ2v) is 6.19. The van der Waals surface area contributed by atoms with Gasteiger partial charge >= 0.3 is 0 Å². The molecule has 0 heterocycles. The van der Waals surface area contributed by atoms with Crippen molar-refractivity contribution in [1.82, 2.24) is 5.32 Å². The monoisotopic (exact) mass is 383 g/mol. The first kappa shape index (κ1) is 21.6. The van der Waals surface area contributed by atoms with E-state index in [9.17, 15) is 0 Å². The molecular formula is C20H27Cl2NO2. The number of hydrogen-bond donors (Lipinski definition) is 1. The highest BCUT2D eigenvalue weighted by Gasteiger charge is 2.13. The van der Waals surface area contributed by atoms with Crippen LogP contribution >= 0.6 is 24.0 Å². The minimum absolute atomic E-state index is 0. The van der Waals surface area contributed by atoms with Crippen molar-refractivity contribution in [3.8, 4) is 11.5 Å². The quantitative estimate of drug-likeness (QED) is 0.539. The predicted octanol–water partition coefficient (Wildman–Crippen LogP) is 5.63. The molecule has 2 aromatic carbocycles. The standard InChI is InChI=1S/C20H26ClNO2.ClH/c1-3-4-8-11-22-14-17-12-18(21)13-19(23-2)20(17)24-15-16-9-6-5-7-10-16;/h5-7,9-10,12-13,22H,3-4,8,11,14-15H2,1-2H3;1H. The Hall–Kier alpha value is -1.42. The Morgan fingerprint density at radius 1 is 1.08 bits per heavy atom. The van der Waals surface area contributed by atoms with Crippen molar-refractivity contribution in [3.05, 3.63) is 58.6 Å². The van der Waals surface area contributed by atoms with E-state index >= 15 is 0 Å². The van der Waals surface area contributed by atoms with Gasteiger partial charge in [0, 0.05) is 23.2 Å². The van der Waals surface area contributed by atoms with Gasteiger partial charge in [0.1, 0.15) is 6.61 Å². The smallest absolute Gasteiger partial charge is 0.166 e. The number of methoxy groups -OCH3 is 1. The molecule has 0 spiro atoms. The van der Waals surface area contributed by atoms with E-state index in [-0.39, 0.29) is 12.4 Å². The molecule has 2 rings (SSSR count). The van der Waals surface area contributed by atoms with Gasteiger partial charge in [0.2, 0.25) is 0 Å². The average molecular weight is 384 g/mol. The summed E-state index contributed by atoms with van der Waals surface area (Å²) in [5.74, 6) is 1.43. The Balaban J connectivity index is 0.00000312. The van der Waals surface area contributed by atoms with Gasteiger partial charge in [-0.1, -0.05) is 61.7 Å². The maximum atomic E-state index is 6.22. The van der Waals surface area contributed by atoms with Gasteiger partial charge in [0.05, 0.1) is 7.11 Å². The number of halogens is 2. The molecular weight excluding hydrogens is 357 g/mol. The molecule has 0 atom stereocenters. The summed E-state index contributed by atoms with van der Waals surface area (Å²) in [6.45, 7) is 4.41. The van der Waals surface area contributed by atoms with Gasteiger partial charge in [-0.25, -0.2) is 0 Å². The lowest BCUT2D eigenvalue weighted by Crippen LogP contribution is -2.15. The molecule has 0 bridgehead atoms. The van der Waals surface area contributed by atoms with Crippen LogP contribution in [0.3, 0.4) is 0 Å². The fourth-order valence-corrected chi connectivity index (χ4v) is 2.75. The number of unbranched alkanes of at least 4 members (excludes halogenated alkanes) is 2. The van der Waals surface area contributed by atoms with E-state index in [1.165, 1.54) is 19.3 Å². The predicted molar refractivity (Wildman–Crippen MR) is 107 cm³/mol. The van der Waals surface area contributed by atoms with E-state index in [0.29, 0.717) is 23.9 Å². The van der Waals surface area contributed by atoms with Crippen LogP contribution in [0.25, 0.3) is 0 Å². The van der Waals surface area contributed by atoms with Crippen LogP contribution in [0.15, 0.2) is 42.5 Å². The number of benzene rings is 2. The summed E-state index contributed by atoms with van der Waals surface area (Å²) in [6.07, 6.45) is 3.63. The lowest BCUT2D eigenvalue weighted by molar-refractivity contribution is 0.280. The highest BCUT2D eigenvalue weighted by atomic mass is 35.5. The molecule has 138 valence electrons. The summed E-state index contributed by atoms with van der Waals surface area (Å²) in [5.41, 5.74) is 2.14. The molecule has 0 amide bonds. The summed E-state index contributed by atoms with van der Waals surface area (Å²) in [4.78, 5) is 0. The molecule has 3 nitrogen and oxygen atoms in total. The largest absolute Gasteiger partial charge is 0.493 e. The fraction of sp³-hybridized carbons (Fsp3) is 0.400. The lowest BCUT2D eigenvalue weighted by Gasteiger charge is -2.16. The summed E-state index contributed by atoms with van der Waals surface area (Å²) in [6, 6.07) is 13.8. The van der Waals surface area contributed by atoms with Gasteiger partial charge in [-0.05, 0) is 24.6 Å². The fourth-order valence-electron chi connectivity index (χ4n) is 2.52. The molecule has 0 aromatic heterocycles. The molecule has 1 N–H and O–H groups in total. The molecule has 0 aliphatic carbocycles. The molecule has 0 aliphatic rings. The van der Waals surface area contributed by atoms with E-state index < -0.39 is 0 Å². The molecule has 5 heteroatoms. The summed E-state index contributed by atoms with van der Waals surface area (Å²) in [5, 5.41) is 4.12. The third-order valence-corrected chi connectivity index (χ3v) is 4.03. The van der Waals surface area contributed by atoms with E-state index in [1.54, 1.807) is 13.2 Å². The zero-order valence-corrected chi connectivity index (χ0v) is 16.5. The van der Waals surface area contributed by atoms with E-state index in [1.807, 2.05) is 36.4 Å². The van der Waals surface area contributed by atoms with Crippen molar-refractivity contribution in [3.63, 3.8) is 0 Å². The van der Waals surface area contributed by atoms with E-state index in [4.69, 9.17) is 21.1 Å². The number of ether oxygens (including phenoxy) is 2. The maximum absolute atomic E-state index is 6.22. The Kier molecular flexibility index (Phi) is 10.4. The molecule has 25 heavy (non-hydrogen) atoms. The van der Waals surface area contributed by atoms with Crippen LogP contribution in [0.1, 0.15) is 37.3 Å². The van der Waals surface area contributed by atoms with Gasteiger partial charge in [-0.15, -0.1) is 12.4 Å². The van der Waals surface area contributed by atoms with Crippen LogP contribution in [0.5, 0.6) is 11.5 Å². The zero-order chi connectivity index (χ0) is 17.2. The lowest BCUT2D eigenvalue weighted by atomic mass is 10.1. The van der Waals surface area contributed by atoms with Crippen molar-refractivity contribution < 1.29 is 9.47 Å². The number of hydrogen-bond acceptors (Lipinski definition) is 3. The molecule has 2 aromatic rings. The van der Waals surface area contributed by atoms with Gasteiger partial charge in [-0.3, -0.25) is 0 Å². The molecule has 0 radical (unpaired) electrons. The van der Waals surface area contributed by atoms with Crippen molar-refractivity contribution >= 4 is 24.0 Å². The third kappa shape index (κ3) is 7.15. The Morgan fingerprint density at radius 2 is 1.84 bits per heavy atom. The number of rotatable bonds is 10. The average Bonchev–Trinajstić information content (AvgIpc) is 2.61. The second kappa shape index (κ2) is 12.0. The minimum atomic E-state index is 0. The molecule has 0 saturated carbocycles. The summed E-state index contributed by atoms with van der Waals surface area (Å²) < 4.78 is 11.5. The van der Waals surface area contributed by atoms with Crippen molar-refractivity contribution in [2.24, 2.45) is 0 Å². The van der Waals surface area contributed by atoms with Crippen LogP contribution in [0, 0.1) is 0 Å². The second-order valence-electron chi connectivity index (χ2n) is 5.75. The Bertz CT molecular complexity index is 621. The molecule has 0 unspecified atom stereocenters. The van der Waals surface area contributed by atoms with Crippen molar-refractivity contribution in [2.45, 2.75) is 39.3 Å². The van der Waals surface area contributed by atoms with Crippen molar-refractivity contribution in [2.75, 3.05) is 13.7 Å². The SMILES string of the molecule is CCCCCNCc1cc(Cl)cc(OC)c1OCc1ccccc1.Cl. The summed E-state index contributed by atoms with van der Waals surface area (Å²) in [7, 11) is 1.64. The van der Waals surface area contributed by atoms with Crippen LogP contribution in [-0.2, 0) is 13.2 Å². The van der Waals surface area contributed by atoms with Crippen LogP contribution in [0.4, 0.5) is 0 Å². The highest BCUT2D eigenvalue weighted by molar-refractivity contribution is 6.30. The van der Waals surface area contributed by atoms with Crippen LogP contribution in [0.2, 0.25) is 5.02 Å². The van der Waals surface area contributed by atoms with Gasteiger partial charge < -0.3 is 14.8 Å². The van der Waals surface area contributed by atoms with Crippen LogP contribution in [-0.4, -0.2) is 13.7 Å². The number of nitrogens with one attached hydrogen (secondary N) is 1. The van der Waals surface area contributed by atoms with Crippen molar-refractivity contribution in [1.29, 1.82) is 0 Å². The van der Waals surface area contributed by atoms with E-state index in [2.05, 4.69) is 12.2 Å². The highest BCUT2D eigenvalue weighted by Crippen LogP contribution is 2.35. The van der Waals surface area contributed by atoms with Crippen LogP contribution < -0.4 is 14.8 Å². The Labute approximate surface area is 162 Å². The first-order valence-electron chi connectivity index (χ1n) is 8.48. The minimum Gasteiger partial charge on any atom is -0.493 e. The molecule has 0 saturated heterocycles. The zero-order valence-electron chi connectivity index (χ0n) is 14.9. The molecule has 0 aliphatic heterocycles. The van der Waals surface area contributed by atoms with Gasteiger partial charge in [0.15, 0.2) is 11.5 Å². The first-order chi connectivity index (χ1) is 11.7. The Morgan fingerprint density at radius 3 is 2.52 bits per heavy atom. The third-order valence-electron chi connectivity index (χ3n) is 3.82. The van der Waals surface area contributed by atoms with Gasteiger partial charge in [-0.2, -0.15) is 0 Å². The van der Waals surface area contributed by atoms with Gasteiger partial charge in [0.25, 0.3) is 0 Å². The first-order valence-corrected chi connectivity index (χ1v) is 8.86.